The molecular formula is C29H40F4O7S. The number of hydrogen-bond donors (Lipinski definition) is 1. The molecule has 0 spiro atoms. The number of Topliss-reactive ketones (excluding diaryl/α,β-unsaturated/α-hetero) is 2. The topological polar surface area (TPSA) is 115 Å². The molecule has 0 radical (unpaired) electrons. The van der Waals surface area contributed by atoms with Gasteiger partial charge in [0.15, 0.2) is 0 Å². The Kier molecular flexibility index (Phi) is 8.39. The Hall–Kier alpha value is -1.82. The van der Waals surface area contributed by atoms with E-state index >= 15 is 0 Å². The summed E-state index contributed by atoms with van der Waals surface area (Å²) in [5.41, 5.74) is 0.376. The highest BCUT2D eigenvalue weighted by molar-refractivity contribution is 7.87. The van der Waals surface area contributed by atoms with Gasteiger partial charge in [-0.1, -0.05) is 32.9 Å². The molecule has 0 bridgehead atoms. The Balaban J connectivity index is 1.37. The first-order valence-electron chi connectivity index (χ1n) is 14.4. The number of ether oxygens (including phenoxy) is 1. The molecule has 0 heterocycles. The third-order valence-electron chi connectivity index (χ3n) is 11.3. The van der Waals surface area contributed by atoms with Crippen LogP contribution in [0.1, 0.15) is 85.0 Å². The molecule has 0 aliphatic heterocycles. The van der Waals surface area contributed by atoms with Crippen LogP contribution in [0.15, 0.2) is 12.2 Å². The maximum absolute atomic E-state index is 13.9. The molecule has 7 nitrogen and oxygen atoms in total. The van der Waals surface area contributed by atoms with Crippen LogP contribution >= 0.6 is 0 Å². The minimum Gasteiger partial charge on any atom is -0.465 e. The fraction of sp³-hybridized carbons (Fsp3) is 0.828. The van der Waals surface area contributed by atoms with Gasteiger partial charge in [-0.3, -0.25) is 18.9 Å². The van der Waals surface area contributed by atoms with Crippen LogP contribution in [0.5, 0.6) is 0 Å². The van der Waals surface area contributed by atoms with Crippen molar-refractivity contribution in [2.45, 2.75) is 96.2 Å². The van der Waals surface area contributed by atoms with Crippen molar-refractivity contribution < 1.29 is 49.7 Å². The summed E-state index contributed by atoms with van der Waals surface area (Å²) in [4.78, 5) is 39.6. The zero-order valence-corrected chi connectivity index (χ0v) is 24.6. The van der Waals surface area contributed by atoms with E-state index in [0.29, 0.717) is 19.3 Å². The second-order valence-corrected chi connectivity index (χ2v) is 14.8. The van der Waals surface area contributed by atoms with Crippen molar-refractivity contribution >= 4 is 27.7 Å². The van der Waals surface area contributed by atoms with Gasteiger partial charge in [-0.2, -0.15) is 26.0 Å². The molecule has 4 fully saturated rings. The summed E-state index contributed by atoms with van der Waals surface area (Å²) in [5.74, 6) is -5.90. The summed E-state index contributed by atoms with van der Waals surface area (Å²) in [6.45, 7) is 9.07. The zero-order chi connectivity index (χ0) is 30.8. The average molecular weight is 609 g/mol. The van der Waals surface area contributed by atoms with E-state index in [1.54, 1.807) is 0 Å². The molecule has 0 aromatic carbocycles. The van der Waals surface area contributed by atoms with Crippen LogP contribution in [0.4, 0.5) is 17.6 Å². The fourth-order valence-electron chi connectivity index (χ4n) is 8.75. The Morgan fingerprint density at radius 1 is 1.12 bits per heavy atom. The Bertz CT molecular complexity index is 1220. The number of hydrogen-bond acceptors (Lipinski definition) is 6. The Morgan fingerprint density at radius 2 is 1.78 bits per heavy atom. The van der Waals surface area contributed by atoms with Crippen molar-refractivity contribution in [2.24, 2.45) is 46.3 Å². The van der Waals surface area contributed by atoms with Crippen LogP contribution in [0.3, 0.4) is 0 Å². The van der Waals surface area contributed by atoms with Gasteiger partial charge in [0.1, 0.15) is 11.6 Å². The highest BCUT2D eigenvalue weighted by Crippen LogP contribution is 2.66. The van der Waals surface area contributed by atoms with Gasteiger partial charge < -0.3 is 4.74 Å². The highest BCUT2D eigenvalue weighted by atomic mass is 32.2. The zero-order valence-electron chi connectivity index (χ0n) is 23.8. The van der Waals surface area contributed by atoms with E-state index in [1.165, 1.54) is 5.57 Å². The lowest BCUT2D eigenvalue weighted by atomic mass is 9.43. The van der Waals surface area contributed by atoms with Gasteiger partial charge in [0.2, 0.25) is 0 Å². The van der Waals surface area contributed by atoms with Gasteiger partial charge >= 0.3 is 27.3 Å². The third-order valence-corrected chi connectivity index (χ3v) is 12.2. The van der Waals surface area contributed by atoms with Crippen molar-refractivity contribution in [3.63, 3.8) is 0 Å². The first-order valence-corrected chi connectivity index (χ1v) is 15.8. The summed E-state index contributed by atoms with van der Waals surface area (Å²) in [6, 6.07) is 0. The first kappa shape index (κ1) is 32.1. The maximum atomic E-state index is 13.9. The normalized spacial score (nSPS) is 36.8. The van der Waals surface area contributed by atoms with E-state index in [1.807, 2.05) is 13.8 Å². The Morgan fingerprint density at radius 3 is 2.41 bits per heavy atom. The van der Waals surface area contributed by atoms with Crippen LogP contribution in [0.2, 0.25) is 0 Å². The third kappa shape index (κ3) is 5.29. The summed E-state index contributed by atoms with van der Waals surface area (Å²) >= 11 is 0. The van der Waals surface area contributed by atoms with E-state index < -0.39 is 45.7 Å². The van der Waals surface area contributed by atoms with Crippen molar-refractivity contribution in [1.29, 1.82) is 0 Å². The number of alkyl halides is 4. The van der Waals surface area contributed by atoms with Crippen molar-refractivity contribution in [3.05, 3.63) is 12.2 Å². The largest absolute Gasteiger partial charge is 0.465 e. The van der Waals surface area contributed by atoms with E-state index in [9.17, 15) is 40.4 Å². The molecule has 12 heteroatoms. The van der Waals surface area contributed by atoms with Gasteiger partial charge in [-0.05, 0) is 73.5 Å². The number of allylic oxidation sites excluding steroid dienone is 1. The smallest absolute Gasteiger partial charge is 0.431 e. The van der Waals surface area contributed by atoms with Gasteiger partial charge in [0, 0.05) is 30.6 Å². The molecule has 4 saturated carbocycles. The number of halogens is 4. The van der Waals surface area contributed by atoms with Crippen LogP contribution in [0.25, 0.3) is 0 Å². The predicted molar refractivity (Wildman–Crippen MR) is 141 cm³/mol. The lowest BCUT2D eigenvalue weighted by molar-refractivity contribution is -0.174. The van der Waals surface area contributed by atoms with Crippen molar-refractivity contribution in [3.8, 4) is 0 Å². The van der Waals surface area contributed by atoms with Gasteiger partial charge in [-0.15, -0.1) is 0 Å². The van der Waals surface area contributed by atoms with Crippen molar-refractivity contribution in [2.75, 3.05) is 6.61 Å². The summed E-state index contributed by atoms with van der Waals surface area (Å²) in [7, 11) is -6.36. The number of rotatable bonds is 9. The fourth-order valence-corrected chi connectivity index (χ4v) is 9.23. The minimum absolute atomic E-state index is 0.0165. The lowest BCUT2D eigenvalue weighted by Gasteiger charge is -2.59. The average Bonchev–Trinajstić information content (AvgIpc) is 3.22. The molecule has 0 saturated heterocycles. The molecular weight excluding hydrogens is 568 g/mol. The molecule has 8 atom stereocenters. The summed E-state index contributed by atoms with van der Waals surface area (Å²) < 4.78 is 88.2. The van der Waals surface area contributed by atoms with Gasteiger partial charge in [0.05, 0.1) is 13.0 Å². The first-order chi connectivity index (χ1) is 18.8. The van der Waals surface area contributed by atoms with Crippen LogP contribution in [-0.4, -0.2) is 48.3 Å². The van der Waals surface area contributed by atoms with E-state index in [2.05, 4.69) is 18.2 Å². The quantitative estimate of drug-likeness (QED) is 0.147. The van der Waals surface area contributed by atoms with Crippen LogP contribution in [-0.2, 0) is 29.2 Å². The number of carbonyl (C=O) groups is 3. The van der Waals surface area contributed by atoms with Crippen LogP contribution < -0.4 is 0 Å². The number of fused-ring (bicyclic) bond motifs is 5. The standard InChI is InChI=1S/C29H40F4O7S/c1-16-9-10-26(3)18(13-16)14-22(34)25-20-7-6-19(27(20,4)23(35)15-21(25)26)17(2)5-8-24(36)40-12-11-28(30,31)29(32,33)41(37,38)39/h17-21,25H,1,5-15H2,2-4H3,(H,37,38,39)/t17-,18?,19-,20+,21+,25+,26+,27-/m1/s1. The van der Waals surface area contributed by atoms with E-state index in [0.717, 1.165) is 25.7 Å². The van der Waals surface area contributed by atoms with Crippen molar-refractivity contribution in [1.82, 2.24) is 0 Å². The highest BCUT2D eigenvalue weighted by Gasteiger charge is 2.66. The van der Waals surface area contributed by atoms with Gasteiger partial charge in [0.25, 0.3) is 0 Å². The lowest BCUT2D eigenvalue weighted by Crippen LogP contribution is -2.59. The molecule has 1 N–H and O–H groups in total. The second-order valence-electron chi connectivity index (χ2n) is 13.3. The molecule has 4 aliphatic carbocycles. The van der Waals surface area contributed by atoms with E-state index in [4.69, 9.17) is 4.55 Å². The number of esters is 1. The van der Waals surface area contributed by atoms with Gasteiger partial charge in [-0.25, -0.2) is 0 Å². The Labute approximate surface area is 238 Å². The molecule has 0 aromatic heterocycles. The predicted octanol–water partition coefficient (Wildman–Crippen LogP) is 6.03. The molecule has 1 unspecified atom stereocenters. The minimum atomic E-state index is -6.36. The molecule has 0 amide bonds. The summed E-state index contributed by atoms with van der Waals surface area (Å²) in [5, 5.41) is -5.72. The monoisotopic (exact) mass is 608 g/mol. The molecule has 41 heavy (non-hydrogen) atoms. The molecule has 4 aliphatic rings. The molecule has 232 valence electrons. The number of carbonyl (C=O) groups excluding carboxylic acids is 3. The maximum Gasteiger partial charge on any atom is 0.431 e. The summed E-state index contributed by atoms with van der Waals surface area (Å²) in [6.07, 6.45) is 3.27. The van der Waals surface area contributed by atoms with Crippen LogP contribution in [0, 0.1) is 46.3 Å². The number of ketones is 2. The SMILES string of the molecule is C=C1CC[C@@]2(C)C(C1)CC(=O)[C@H]1[C@@H]3CC[C@H]([C@H](C)CCC(=O)OCCC(F)(F)C(F)(F)S(=O)(=O)O)[C@@]3(C)C(=O)C[C@@H]12. The van der Waals surface area contributed by atoms with E-state index in [-0.39, 0.29) is 65.3 Å². The second kappa shape index (κ2) is 10.7. The molecule has 4 rings (SSSR count). The molecule has 0 aromatic rings.